The minimum absolute atomic E-state index is 0.0576. The van der Waals surface area contributed by atoms with E-state index in [4.69, 9.17) is 9.84 Å². The van der Waals surface area contributed by atoms with Gasteiger partial charge in [0.05, 0.1) is 18.1 Å². The van der Waals surface area contributed by atoms with Crippen molar-refractivity contribution in [3.63, 3.8) is 0 Å². The van der Waals surface area contributed by atoms with Crippen LogP contribution in [0.5, 0.6) is 0 Å². The summed E-state index contributed by atoms with van der Waals surface area (Å²) in [5.74, 6) is -2.36. The lowest BCUT2D eigenvalue weighted by molar-refractivity contribution is -0.147. The third-order valence-electron chi connectivity index (χ3n) is 4.37. The molecule has 0 saturated carbocycles. The highest BCUT2D eigenvalue weighted by Gasteiger charge is 2.38. The van der Waals surface area contributed by atoms with Crippen molar-refractivity contribution in [2.24, 2.45) is 5.92 Å². The molecule has 0 radical (unpaired) electrons. The fraction of sp³-hybridized carbons (Fsp3) is 0.588. The maximum atomic E-state index is 13.2. The third-order valence-corrected chi connectivity index (χ3v) is 4.37. The Kier molecular flexibility index (Phi) is 7.00. The first-order valence-corrected chi connectivity index (χ1v) is 8.50. The Morgan fingerprint density at radius 1 is 1.44 bits per heavy atom. The molecule has 7 nitrogen and oxygen atoms in total. The molecule has 150 valence electrons. The summed E-state index contributed by atoms with van der Waals surface area (Å²) in [5.41, 5.74) is -0.847. The van der Waals surface area contributed by atoms with E-state index in [1.807, 2.05) is 0 Å². The van der Waals surface area contributed by atoms with Crippen LogP contribution in [-0.2, 0) is 20.5 Å². The summed E-state index contributed by atoms with van der Waals surface area (Å²) < 4.78 is 44.7. The molecule has 10 heteroatoms. The van der Waals surface area contributed by atoms with E-state index in [1.165, 1.54) is 29.2 Å². The average Bonchev–Trinajstić information content (AvgIpc) is 2.63. The number of pyridine rings is 1. The summed E-state index contributed by atoms with van der Waals surface area (Å²) in [4.78, 5) is 30.2. The smallest absolute Gasteiger partial charge is 0.419 e. The first-order valence-electron chi connectivity index (χ1n) is 8.50. The van der Waals surface area contributed by atoms with Crippen LogP contribution in [0.3, 0.4) is 0 Å². The minimum atomic E-state index is -4.55. The summed E-state index contributed by atoms with van der Waals surface area (Å²) in [6, 6.07) is 2.18. The number of hydrogen-bond acceptors (Lipinski definition) is 5. The summed E-state index contributed by atoms with van der Waals surface area (Å²) in [6.07, 6.45) is -2.28. The van der Waals surface area contributed by atoms with E-state index in [2.05, 4.69) is 4.98 Å². The molecule has 1 unspecified atom stereocenters. The standard InChI is InChI=1S/C17H22F3N3O4/c1-27-9-8-23(11-14(24)25)16(26)12-4-3-7-22(10-12)15-13(17(18,19)20)5-2-6-21-15/h2,5-6,12H,3-4,7-11H2,1H3,(H,24,25). The number of carbonyl (C=O) groups excluding carboxylic acids is 1. The van der Waals surface area contributed by atoms with Gasteiger partial charge in [-0.1, -0.05) is 0 Å². The first kappa shape index (κ1) is 20.9. The molecule has 27 heavy (non-hydrogen) atoms. The van der Waals surface area contributed by atoms with Gasteiger partial charge in [0.15, 0.2) is 0 Å². The molecule has 0 aliphatic carbocycles. The number of amides is 1. The number of aromatic nitrogens is 1. The molecule has 1 amide bonds. The Labute approximate surface area is 154 Å². The minimum Gasteiger partial charge on any atom is -0.480 e. The van der Waals surface area contributed by atoms with Gasteiger partial charge in [0.25, 0.3) is 0 Å². The van der Waals surface area contributed by atoms with Crippen molar-refractivity contribution in [2.75, 3.05) is 44.8 Å². The number of alkyl halides is 3. The SMILES string of the molecule is COCCN(CC(=O)O)C(=O)C1CCCN(c2ncccc2C(F)(F)F)C1. The molecular weight excluding hydrogens is 367 g/mol. The predicted molar refractivity (Wildman–Crippen MR) is 90.3 cm³/mol. The highest BCUT2D eigenvalue weighted by atomic mass is 19.4. The summed E-state index contributed by atoms with van der Waals surface area (Å²) in [5, 5.41) is 9.01. The molecule has 1 aromatic rings. The number of piperidine rings is 1. The van der Waals surface area contributed by atoms with Gasteiger partial charge in [-0.15, -0.1) is 0 Å². The van der Waals surface area contributed by atoms with Gasteiger partial charge in [-0.05, 0) is 25.0 Å². The Bertz CT molecular complexity index is 669. The molecule has 0 bridgehead atoms. The van der Waals surface area contributed by atoms with Crippen molar-refractivity contribution >= 4 is 17.7 Å². The first-order chi connectivity index (χ1) is 12.7. The maximum Gasteiger partial charge on any atom is 0.419 e. The highest BCUT2D eigenvalue weighted by molar-refractivity contribution is 5.83. The highest BCUT2D eigenvalue weighted by Crippen LogP contribution is 2.36. The molecular formula is C17H22F3N3O4. The molecule has 1 aliphatic heterocycles. The van der Waals surface area contributed by atoms with Crippen molar-refractivity contribution in [1.29, 1.82) is 0 Å². The molecule has 1 atom stereocenters. The number of halogens is 3. The van der Waals surface area contributed by atoms with Crippen LogP contribution < -0.4 is 4.90 Å². The maximum absolute atomic E-state index is 13.2. The normalized spacial score (nSPS) is 17.6. The van der Waals surface area contributed by atoms with Gasteiger partial charge in [0, 0.05) is 32.9 Å². The fourth-order valence-corrected chi connectivity index (χ4v) is 3.13. The van der Waals surface area contributed by atoms with Crippen LogP contribution in [0.4, 0.5) is 19.0 Å². The number of ether oxygens (including phenoxy) is 1. The monoisotopic (exact) mass is 389 g/mol. The van der Waals surface area contributed by atoms with Gasteiger partial charge in [0.2, 0.25) is 5.91 Å². The Balaban J connectivity index is 2.17. The lowest BCUT2D eigenvalue weighted by atomic mass is 9.96. The van der Waals surface area contributed by atoms with Crippen LogP contribution >= 0.6 is 0 Å². The number of nitrogens with zero attached hydrogens (tertiary/aromatic N) is 3. The van der Waals surface area contributed by atoms with Crippen LogP contribution in [0, 0.1) is 5.92 Å². The fourth-order valence-electron chi connectivity index (χ4n) is 3.13. The number of carbonyl (C=O) groups is 2. The van der Waals surface area contributed by atoms with Gasteiger partial charge in [-0.2, -0.15) is 13.2 Å². The zero-order chi connectivity index (χ0) is 20.0. The second kappa shape index (κ2) is 9.03. The average molecular weight is 389 g/mol. The molecule has 1 aliphatic rings. The van der Waals surface area contributed by atoms with E-state index in [0.29, 0.717) is 19.4 Å². The summed E-state index contributed by atoms with van der Waals surface area (Å²) in [6.45, 7) is 0.211. The molecule has 0 aromatic carbocycles. The molecule has 1 aromatic heterocycles. The zero-order valence-corrected chi connectivity index (χ0v) is 14.9. The topological polar surface area (TPSA) is 83.0 Å². The number of aliphatic carboxylic acids is 1. The van der Waals surface area contributed by atoms with Gasteiger partial charge < -0.3 is 19.6 Å². The second-order valence-corrected chi connectivity index (χ2v) is 6.30. The molecule has 2 rings (SSSR count). The van der Waals surface area contributed by atoms with Crippen molar-refractivity contribution < 1.29 is 32.6 Å². The largest absolute Gasteiger partial charge is 0.480 e. The van der Waals surface area contributed by atoms with E-state index in [1.54, 1.807) is 0 Å². The zero-order valence-electron chi connectivity index (χ0n) is 14.9. The van der Waals surface area contributed by atoms with E-state index < -0.39 is 36.1 Å². The molecule has 0 spiro atoms. The number of hydrogen-bond donors (Lipinski definition) is 1. The summed E-state index contributed by atoms with van der Waals surface area (Å²) >= 11 is 0. The van der Waals surface area contributed by atoms with Crippen molar-refractivity contribution in [3.05, 3.63) is 23.9 Å². The van der Waals surface area contributed by atoms with Crippen LogP contribution in [-0.4, -0.2) is 66.8 Å². The van der Waals surface area contributed by atoms with Gasteiger partial charge in [-0.25, -0.2) is 4.98 Å². The van der Waals surface area contributed by atoms with Crippen molar-refractivity contribution in [1.82, 2.24) is 9.88 Å². The Morgan fingerprint density at radius 3 is 2.81 bits per heavy atom. The van der Waals surface area contributed by atoms with E-state index in [0.717, 1.165) is 6.07 Å². The van der Waals surface area contributed by atoms with Crippen molar-refractivity contribution in [3.8, 4) is 0 Å². The number of carboxylic acids is 1. The second-order valence-electron chi connectivity index (χ2n) is 6.30. The Hall–Kier alpha value is -2.36. The lowest BCUT2D eigenvalue weighted by Crippen LogP contribution is -2.47. The summed E-state index contributed by atoms with van der Waals surface area (Å²) in [7, 11) is 1.44. The lowest BCUT2D eigenvalue weighted by Gasteiger charge is -2.36. The molecule has 2 heterocycles. The van der Waals surface area contributed by atoms with Crippen LogP contribution in [0.25, 0.3) is 0 Å². The molecule has 1 fully saturated rings. The molecule has 1 N–H and O–H groups in total. The van der Waals surface area contributed by atoms with E-state index in [-0.39, 0.29) is 25.5 Å². The van der Waals surface area contributed by atoms with Crippen LogP contribution in [0.2, 0.25) is 0 Å². The van der Waals surface area contributed by atoms with Gasteiger partial charge >= 0.3 is 12.1 Å². The Morgan fingerprint density at radius 2 is 2.19 bits per heavy atom. The predicted octanol–water partition coefficient (Wildman–Crippen LogP) is 1.88. The quantitative estimate of drug-likeness (QED) is 0.767. The van der Waals surface area contributed by atoms with Crippen LogP contribution in [0.15, 0.2) is 18.3 Å². The number of carboxylic acid groups (broad SMARTS) is 1. The number of anilines is 1. The molecule has 1 saturated heterocycles. The van der Waals surface area contributed by atoms with Crippen LogP contribution in [0.1, 0.15) is 18.4 Å². The van der Waals surface area contributed by atoms with Gasteiger partial charge in [0.1, 0.15) is 12.4 Å². The van der Waals surface area contributed by atoms with Crippen molar-refractivity contribution in [2.45, 2.75) is 19.0 Å². The van der Waals surface area contributed by atoms with E-state index in [9.17, 15) is 22.8 Å². The number of rotatable bonds is 7. The third kappa shape index (κ3) is 5.56. The number of methoxy groups -OCH3 is 1. The van der Waals surface area contributed by atoms with E-state index >= 15 is 0 Å². The van der Waals surface area contributed by atoms with Gasteiger partial charge in [-0.3, -0.25) is 9.59 Å².